The number of fused-ring (bicyclic) bond motifs is 1. The molecule has 1 aromatic carbocycles. The van der Waals surface area contributed by atoms with Gasteiger partial charge in [-0.25, -0.2) is 0 Å². The monoisotopic (exact) mass is 283 g/mol. The van der Waals surface area contributed by atoms with Crippen LogP contribution in [-0.4, -0.2) is 34.3 Å². The fourth-order valence-electron chi connectivity index (χ4n) is 2.87. The number of aromatic nitrogens is 1. The first-order valence-corrected chi connectivity index (χ1v) is 7.07. The van der Waals surface area contributed by atoms with Gasteiger partial charge in [-0.3, -0.25) is 14.6 Å². The molecule has 1 fully saturated rings. The molecule has 0 aliphatic carbocycles. The van der Waals surface area contributed by atoms with Crippen LogP contribution in [0.2, 0.25) is 0 Å². The van der Waals surface area contributed by atoms with E-state index in [0.717, 1.165) is 22.9 Å². The van der Waals surface area contributed by atoms with Crippen molar-refractivity contribution in [2.24, 2.45) is 5.73 Å². The van der Waals surface area contributed by atoms with Crippen molar-refractivity contribution in [3.05, 3.63) is 42.1 Å². The largest absolute Gasteiger partial charge is 0.368 e. The highest BCUT2D eigenvalue weighted by atomic mass is 16.2. The van der Waals surface area contributed by atoms with Crippen LogP contribution in [0.15, 0.2) is 36.5 Å². The Morgan fingerprint density at radius 1 is 1.33 bits per heavy atom. The van der Waals surface area contributed by atoms with Crippen LogP contribution in [0.25, 0.3) is 10.9 Å². The van der Waals surface area contributed by atoms with E-state index < -0.39 is 11.9 Å². The molecule has 1 saturated heterocycles. The van der Waals surface area contributed by atoms with Crippen molar-refractivity contribution in [2.75, 3.05) is 6.54 Å². The van der Waals surface area contributed by atoms with Gasteiger partial charge >= 0.3 is 0 Å². The zero-order valence-corrected chi connectivity index (χ0v) is 11.7. The van der Waals surface area contributed by atoms with E-state index >= 15 is 0 Å². The van der Waals surface area contributed by atoms with Gasteiger partial charge in [-0.1, -0.05) is 12.1 Å². The molecule has 2 amide bonds. The van der Waals surface area contributed by atoms with E-state index in [1.165, 1.54) is 0 Å². The smallest absolute Gasteiger partial charge is 0.240 e. The Labute approximate surface area is 122 Å². The summed E-state index contributed by atoms with van der Waals surface area (Å²) in [7, 11) is 0. The van der Waals surface area contributed by atoms with Gasteiger partial charge in [0, 0.05) is 18.1 Å². The molecule has 1 aliphatic rings. The number of hydrogen-bond donors (Lipinski definition) is 1. The van der Waals surface area contributed by atoms with Crippen molar-refractivity contribution >= 4 is 22.7 Å². The molecule has 2 N–H and O–H groups in total. The van der Waals surface area contributed by atoms with Gasteiger partial charge in [-0.15, -0.1) is 0 Å². The van der Waals surface area contributed by atoms with Crippen molar-refractivity contribution in [1.82, 2.24) is 9.88 Å². The molecule has 21 heavy (non-hydrogen) atoms. The summed E-state index contributed by atoms with van der Waals surface area (Å²) in [6.45, 7) is 0.613. The summed E-state index contributed by atoms with van der Waals surface area (Å²) in [5, 5.41) is 1.01. The quantitative estimate of drug-likeness (QED) is 0.921. The average Bonchev–Trinajstić information content (AvgIpc) is 2.97. The standard InChI is InChI=1S/C16H17N3O2/c17-16(21)14-4-2-8-19(14)15(20)10-11-5-6-13-12(9-11)3-1-7-18-13/h1,3,5-7,9,14H,2,4,8,10H2,(H2,17,21). The molecule has 1 aliphatic heterocycles. The minimum atomic E-state index is -0.445. The predicted molar refractivity (Wildman–Crippen MR) is 79.4 cm³/mol. The van der Waals surface area contributed by atoms with E-state index in [1.807, 2.05) is 30.3 Å². The normalized spacial score (nSPS) is 18.1. The van der Waals surface area contributed by atoms with Crippen LogP contribution in [0.5, 0.6) is 0 Å². The zero-order chi connectivity index (χ0) is 14.8. The van der Waals surface area contributed by atoms with Gasteiger partial charge in [0.2, 0.25) is 11.8 Å². The molecule has 0 radical (unpaired) electrons. The van der Waals surface area contributed by atoms with Crippen LogP contribution in [0, 0.1) is 0 Å². The highest BCUT2D eigenvalue weighted by molar-refractivity contribution is 5.89. The second-order valence-corrected chi connectivity index (χ2v) is 5.35. The lowest BCUT2D eigenvalue weighted by Gasteiger charge is -2.22. The lowest BCUT2D eigenvalue weighted by molar-refractivity contribution is -0.136. The van der Waals surface area contributed by atoms with E-state index in [0.29, 0.717) is 13.0 Å². The van der Waals surface area contributed by atoms with Crippen LogP contribution in [0.1, 0.15) is 18.4 Å². The van der Waals surface area contributed by atoms with E-state index in [1.54, 1.807) is 11.1 Å². The zero-order valence-electron chi connectivity index (χ0n) is 11.7. The summed E-state index contributed by atoms with van der Waals surface area (Å²) in [6, 6.07) is 9.18. The SMILES string of the molecule is NC(=O)C1CCCN1C(=O)Cc1ccc2ncccc2c1. The third-order valence-corrected chi connectivity index (χ3v) is 3.92. The van der Waals surface area contributed by atoms with Crippen LogP contribution in [0.4, 0.5) is 0 Å². The molecule has 1 unspecified atom stereocenters. The lowest BCUT2D eigenvalue weighted by atomic mass is 10.1. The Hall–Kier alpha value is -2.43. The number of rotatable bonds is 3. The van der Waals surface area contributed by atoms with E-state index in [2.05, 4.69) is 4.98 Å². The fraction of sp³-hybridized carbons (Fsp3) is 0.312. The Morgan fingerprint density at radius 2 is 2.19 bits per heavy atom. The Bertz CT molecular complexity index is 699. The molecule has 1 aromatic heterocycles. The molecule has 2 aromatic rings. The number of hydrogen-bond acceptors (Lipinski definition) is 3. The molecule has 5 nitrogen and oxygen atoms in total. The summed E-state index contributed by atoms with van der Waals surface area (Å²) in [5.74, 6) is -0.455. The fourth-order valence-corrected chi connectivity index (χ4v) is 2.87. The summed E-state index contributed by atoms with van der Waals surface area (Å²) < 4.78 is 0. The maximum atomic E-state index is 12.4. The first-order chi connectivity index (χ1) is 10.1. The third-order valence-electron chi connectivity index (χ3n) is 3.92. The maximum absolute atomic E-state index is 12.4. The number of pyridine rings is 1. The lowest BCUT2D eigenvalue weighted by Crippen LogP contribution is -2.44. The average molecular weight is 283 g/mol. The first kappa shape index (κ1) is 13.5. The molecule has 0 bridgehead atoms. The molecule has 3 rings (SSSR count). The molecule has 0 spiro atoms. The predicted octanol–water partition coefficient (Wildman–Crippen LogP) is 1.25. The Kier molecular flexibility index (Phi) is 3.56. The van der Waals surface area contributed by atoms with Crippen LogP contribution in [0.3, 0.4) is 0 Å². The molecular weight excluding hydrogens is 266 g/mol. The molecule has 5 heteroatoms. The van der Waals surface area contributed by atoms with Gasteiger partial charge in [-0.2, -0.15) is 0 Å². The maximum Gasteiger partial charge on any atom is 0.240 e. The van der Waals surface area contributed by atoms with Gasteiger partial charge < -0.3 is 10.6 Å². The first-order valence-electron chi connectivity index (χ1n) is 7.07. The number of carbonyl (C=O) groups excluding carboxylic acids is 2. The van der Waals surface area contributed by atoms with Crippen LogP contribution in [-0.2, 0) is 16.0 Å². The van der Waals surface area contributed by atoms with Gasteiger partial charge in [0.25, 0.3) is 0 Å². The van der Waals surface area contributed by atoms with Crippen LogP contribution >= 0.6 is 0 Å². The molecular formula is C16H17N3O2. The van der Waals surface area contributed by atoms with Gasteiger partial charge in [0.05, 0.1) is 11.9 Å². The van der Waals surface area contributed by atoms with Crippen molar-refractivity contribution in [2.45, 2.75) is 25.3 Å². The Morgan fingerprint density at radius 3 is 3.00 bits per heavy atom. The van der Waals surface area contributed by atoms with Crippen molar-refractivity contribution in [1.29, 1.82) is 0 Å². The van der Waals surface area contributed by atoms with E-state index in [-0.39, 0.29) is 12.3 Å². The molecule has 108 valence electrons. The molecule has 1 atom stereocenters. The number of amides is 2. The summed E-state index contributed by atoms with van der Waals surface area (Å²) in [6.07, 6.45) is 3.53. The summed E-state index contributed by atoms with van der Waals surface area (Å²) in [4.78, 5) is 29.6. The number of primary amides is 1. The number of likely N-dealkylation sites (tertiary alicyclic amines) is 1. The van der Waals surface area contributed by atoms with Gasteiger partial charge in [0.15, 0.2) is 0 Å². The molecule has 0 saturated carbocycles. The van der Waals surface area contributed by atoms with Gasteiger partial charge in [-0.05, 0) is 36.6 Å². The van der Waals surface area contributed by atoms with Crippen molar-refractivity contribution in [3.8, 4) is 0 Å². The minimum Gasteiger partial charge on any atom is -0.368 e. The molecule has 2 heterocycles. The van der Waals surface area contributed by atoms with Gasteiger partial charge in [0.1, 0.15) is 6.04 Å². The number of benzene rings is 1. The number of nitrogens with two attached hydrogens (primary N) is 1. The van der Waals surface area contributed by atoms with E-state index in [4.69, 9.17) is 5.73 Å². The highest BCUT2D eigenvalue weighted by Crippen LogP contribution is 2.19. The number of carbonyl (C=O) groups is 2. The summed E-state index contributed by atoms with van der Waals surface area (Å²) >= 11 is 0. The highest BCUT2D eigenvalue weighted by Gasteiger charge is 2.32. The topological polar surface area (TPSA) is 76.3 Å². The minimum absolute atomic E-state index is 0.0421. The van der Waals surface area contributed by atoms with Crippen LogP contribution < -0.4 is 5.73 Å². The second kappa shape index (κ2) is 5.52. The third kappa shape index (κ3) is 2.72. The number of nitrogens with zero attached hydrogens (tertiary/aromatic N) is 2. The van der Waals surface area contributed by atoms with Crippen molar-refractivity contribution in [3.63, 3.8) is 0 Å². The second-order valence-electron chi connectivity index (χ2n) is 5.35. The summed E-state index contributed by atoms with van der Waals surface area (Å²) in [5.41, 5.74) is 7.19. The Balaban J connectivity index is 1.78. The van der Waals surface area contributed by atoms with E-state index in [9.17, 15) is 9.59 Å². The van der Waals surface area contributed by atoms with Crippen molar-refractivity contribution < 1.29 is 9.59 Å².